The highest BCUT2D eigenvalue weighted by Gasteiger charge is 2.25. The molecule has 8 nitrogen and oxygen atoms in total. The van der Waals surface area contributed by atoms with Gasteiger partial charge >= 0.3 is 5.97 Å². The second-order valence-corrected chi connectivity index (χ2v) is 8.48. The summed E-state index contributed by atoms with van der Waals surface area (Å²) in [6.45, 7) is 2.47. The lowest BCUT2D eigenvalue weighted by atomic mass is 10.1. The monoisotopic (exact) mass is 588 g/mol. The van der Waals surface area contributed by atoms with E-state index in [0.717, 1.165) is 9.13 Å². The minimum Gasteiger partial charge on any atom is -0.490 e. The molecule has 0 atom stereocenters. The quantitative estimate of drug-likeness (QED) is 0.111. The maximum Gasteiger partial charge on any atom is 0.363 e. The summed E-state index contributed by atoms with van der Waals surface area (Å²) in [5, 5.41) is 10.8. The summed E-state index contributed by atoms with van der Waals surface area (Å²) < 4.78 is 30.8. The van der Waals surface area contributed by atoms with Gasteiger partial charge in [-0.3, -0.25) is 10.1 Å². The van der Waals surface area contributed by atoms with E-state index >= 15 is 0 Å². The van der Waals surface area contributed by atoms with Crippen molar-refractivity contribution in [2.24, 2.45) is 4.99 Å². The summed E-state index contributed by atoms with van der Waals surface area (Å²) in [6.07, 6.45) is 1.56. The number of hydrogen-bond donors (Lipinski definition) is 0. The van der Waals surface area contributed by atoms with Gasteiger partial charge in [-0.15, -0.1) is 0 Å². The van der Waals surface area contributed by atoms with Crippen LogP contribution in [0.1, 0.15) is 23.6 Å². The molecule has 0 radical (unpaired) electrons. The lowest BCUT2D eigenvalue weighted by Crippen LogP contribution is -2.05. The zero-order valence-electron chi connectivity index (χ0n) is 18.4. The van der Waals surface area contributed by atoms with Crippen LogP contribution in [0.25, 0.3) is 6.08 Å². The molecule has 0 aliphatic carbocycles. The van der Waals surface area contributed by atoms with Crippen LogP contribution in [0.4, 0.5) is 10.1 Å². The van der Waals surface area contributed by atoms with Crippen molar-refractivity contribution >= 4 is 46.2 Å². The number of ether oxygens (including phenoxy) is 3. The molecule has 1 aliphatic heterocycles. The molecule has 4 rings (SSSR count). The predicted octanol–water partition coefficient (Wildman–Crippen LogP) is 5.66. The maximum atomic E-state index is 13.1. The molecule has 0 bridgehead atoms. The van der Waals surface area contributed by atoms with Crippen LogP contribution >= 0.6 is 22.6 Å². The molecular weight excluding hydrogens is 570 g/mol. The Balaban J connectivity index is 1.59. The number of nitro benzene ring substituents is 1. The Morgan fingerprint density at radius 2 is 1.83 bits per heavy atom. The normalized spacial score (nSPS) is 14.0. The second kappa shape index (κ2) is 10.6. The number of nitrogens with zero attached hydrogens (tertiary/aromatic N) is 2. The number of rotatable bonds is 8. The van der Waals surface area contributed by atoms with Crippen LogP contribution in [0.3, 0.4) is 0 Å². The van der Waals surface area contributed by atoms with E-state index in [9.17, 15) is 19.3 Å². The van der Waals surface area contributed by atoms with Gasteiger partial charge in [-0.1, -0.05) is 12.1 Å². The number of nitro groups is 1. The van der Waals surface area contributed by atoms with Gasteiger partial charge in [-0.05, 0) is 83.1 Å². The Morgan fingerprint density at radius 3 is 2.49 bits per heavy atom. The molecule has 0 amide bonds. The van der Waals surface area contributed by atoms with Gasteiger partial charge in [0.2, 0.25) is 5.90 Å². The van der Waals surface area contributed by atoms with Crippen LogP contribution < -0.4 is 9.47 Å². The van der Waals surface area contributed by atoms with Crippen molar-refractivity contribution in [3.8, 4) is 11.5 Å². The molecule has 3 aromatic carbocycles. The second-order valence-electron chi connectivity index (χ2n) is 7.32. The third-order valence-electron chi connectivity index (χ3n) is 4.88. The van der Waals surface area contributed by atoms with Gasteiger partial charge in [-0.25, -0.2) is 14.2 Å². The van der Waals surface area contributed by atoms with Crippen LogP contribution in [0.15, 0.2) is 71.4 Å². The molecule has 3 aromatic rings. The first-order chi connectivity index (χ1) is 16.8. The van der Waals surface area contributed by atoms with Gasteiger partial charge in [0.15, 0.2) is 17.2 Å². The fourth-order valence-corrected chi connectivity index (χ4v) is 4.01. The molecule has 0 fully saturated rings. The van der Waals surface area contributed by atoms with Crippen molar-refractivity contribution < 1.29 is 28.3 Å². The van der Waals surface area contributed by atoms with Gasteiger partial charge in [0, 0.05) is 17.7 Å². The minimum absolute atomic E-state index is 0.0649. The molecule has 0 saturated carbocycles. The van der Waals surface area contributed by atoms with Gasteiger partial charge < -0.3 is 14.2 Å². The molecule has 0 unspecified atom stereocenters. The molecule has 1 aliphatic rings. The number of halogens is 2. The van der Waals surface area contributed by atoms with Crippen LogP contribution in [0.2, 0.25) is 0 Å². The summed E-state index contributed by atoms with van der Waals surface area (Å²) in [7, 11) is 0. The third-order valence-corrected chi connectivity index (χ3v) is 5.68. The summed E-state index contributed by atoms with van der Waals surface area (Å²) in [4.78, 5) is 27.0. The van der Waals surface area contributed by atoms with Gasteiger partial charge in [0.25, 0.3) is 5.69 Å². The fraction of sp³-hybridized carbons (Fsp3) is 0.120. The lowest BCUT2D eigenvalue weighted by molar-refractivity contribution is -0.384. The van der Waals surface area contributed by atoms with Crippen molar-refractivity contribution in [2.45, 2.75) is 13.5 Å². The Labute approximate surface area is 213 Å². The molecule has 0 saturated heterocycles. The predicted molar refractivity (Wildman–Crippen MR) is 135 cm³/mol. The van der Waals surface area contributed by atoms with Crippen molar-refractivity contribution in [3.05, 3.63) is 103 Å². The van der Waals surface area contributed by atoms with E-state index in [1.165, 1.54) is 36.4 Å². The first-order valence-corrected chi connectivity index (χ1v) is 11.5. The average molecular weight is 588 g/mol. The standard InChI is InChI=1S/C25H18FIN2O6/c1-2-33-22-13-16(11-20(27)23(22)34-14-15-3-7-18(26)8-4-15)12-21-25(30)35-24(28-21)17-5-9-19(10-6-17)29(31)32/h3-13H,2,14H2,1H3/b21-12-. The number of aliphatic imine (C=N–C) groups is 1. The Hall–Kier alpha value is -3.80. The van der Waals surface area contributed by atoms with E-state index in [1.807, 2.05) is 13.0 Å². The summed E-state index contributed by atoms with van der Waals surface area (Å²) in [5.41, 5.74) is 1.90. The van der Waals surface area contributed by atoms with Gasteiger partial charge in [0.05, 0.1) is 15.1 Å². The van der Waals surface area contributed by atoms with E-state index in [0.29, 0.717) is 29.2 Å². The third kappa shape index (κ3) is 5.83. The SMILES string of the molecule is CCOc1cc(/C=C2\N=C(c3ccc([N+](=O)[O-])cc3)OC2=O)cc(I)c1OCc1ccc(F)cc1. The Bertz CT molecular complexity index is 1340. The van der Waals surface area contributed by atoms with E-state index in [-0.39, 0.29) is 29.7 Å². The number of cyclic esters (lactones) is 1. The first-order valence-electron chi connectivity index (χ1n) is 10.4. The molecule has 10 heteroatoms. The highest BCUT2D eigenvalue weighted by atomic mass is 127. The minimum atomic E-state index is -0.636. The zero-order valence-corrected chi connectivity index (χ0v) is 20.5. The fourth-order valence-electron chi connectivity index (χ4n) is 3.23. The van der Waals surface area contributed by atoms with Gasteiger partial charge in [-0.2, -0.15) is 0 Å². The van der Waals surface area contributed by atoms with Crippen molar-refractivity contribution in [2.75, 3.05) is 6.61 Å². The van der Waals surface area contributed by atoms with Crippen molar-refractivity contribution in [3.63, 3.8) is 0 Å². The van der Waals surface area contributed by atoms with Crippen LogP contribution in [0, 0.1) is 19.5 Å². The number of esters is 1. The van der Waals surface area contributed by atoms with Crippen molar-refractivity contribution in [1.82, 2.24) is 0 Å². The maximum absolute atomic E-state index is 13.1. The molecule has 0 aromatic heterocycles. The Morgan fingerprint density at radius 1 is 1.11 bits per heavy atom. The number of non-ortho nitro benzene ring substituents is 1. The van der Waals surface area contributed by atoms with Crippen LogP contribution in [0.5, 0.6) is 11.5 Å². The summed E-state index contributed by atoms with van der Waals surface area (Å²) >= 11 is 2.11. The largest absolute Gasteiger partial charge is 0.490 e. The van der Waals surface area contributed by atoms with Crippen molar-refractivity contribution in [1.29, 1.82) is 0 Å². The summed E-state index contributed by atoms with van der Waals surface area (Å²) in [5.74, 6) is 0.126. The molecule has 0 N–H and O–H groups in total. The summed E-state index contributed by atoms with van der Waals surface area (Å²) in [6, 6.07) is 15.1. The number of hydrogen-bond acceptors (Lipinski definition) is 7. The smallest absolute Gasteiger partial charge is 0.363 e. The highest BCUT2D eigenvalue weighted by Crippen LogP contribution is 2.36. The average Bonchev–Trinajstić information content (AvgIpc) is 3.20. The van der Waals surface area contributed by atoms with E-state index in [2.05, 4.69) is 27.6 Å². The number of benzene rings is 3. The molecule has 1 heterocycles. The van der Waals surface area contributed by atoms with Crippen LogP contribution in [-0.4, -0.2) is 23.4 Å². The topological polar surface area (TPSA) is 100 Å². The first kappa shape index (κ1) is 24.3. The van der Waals surface area contributed by atoms with Crippen LogP contribution in [-0.2, 0) is 16.1 Å². The molecule has 35 heavy (non-hydrogen) atoms. The van der Waals surface area contributed by atoms with E-state index in [1.54, 1.807) is 24.3 Å². The van der Waals surface area contributed by atoms with E-state index < -0.39 is 10.9 Å². The highest BCUT2D eigenvalue weighted by molar-refractivity contribution is 14.1. The molecular formula is C25H18FIN2O6. The van der Waals surface area contributed by atoms with Gasteiger partial charge in [0.1, 0.15) is 12.4 Å². The number of carbonyl (C=O) groups is 1. The van der Waals surface area contributed by atoms with E-state index in [4.69, 9.17) is 14.2 Å². The Kier molecular flexibility index (Phi) is 7.39. The molecule has 178 valence electrons. The lowest BCUT2D eigenvalue weighted by Gasteiger charge is -2.15. The zero-order chi connectivity index (χ0) is 24.9. The molecule has 0 spiro atoms. The number of carbonyl (C=O) groups excluding carboxylic acids is 1.